The minimum atomic E-state index is 0.167. The molecule has 3 rings (SSSR count). The number of rotatable bonds is 2. The molecule has 0 saturated heterocycles. The molecule has 20 heavy (non-hydrogen) atoms. The van der Waals surface area contributed by atoms with Gasteiger partial charge in [-0.15, -0.1) is 0 Å². The van der Waals surface area contributed by atoms with Gasteiger partial charge >= 0.3 is 0 Å². The van der Waals surface area contributed by atoms with E-state index in [1.54, 1.807) is 0 Å². The van der Waals surface area contributed by atoms with Crippen LogP contribution < -0.4 is 10.5 Å². The first-order chi connectivity index (χ1) is 9.36. The molecule has 2 atom stereocenters. The van der Waals surface area contributed by atoms with Gasteiger partial charge in [-0.1, -0.05) is 31.2 Å². The molecule has 0 bridgehead atoms. The summed E-state index contributed by atoms with van der Waals surface area (Å²) in [6.45, 7) is 11.0. The monoisotopic (exact) mass is 272 g/mol. The second-order valence-electron chi connectivity index (χ2n) is 6.06. The van der Waals surface area contributed by atoms with Gasteiger partial charge in [-0.05, 0) is 43.2 Å². The SMILES string of the molecule is C=C(C)C1(C)CC1c1cccc2c1CCO2.CC(=N)N. The van der Waals surface area contributed by atoms with E-state index in [0.717, 1.165) is 18.8 Å². The highest BCUT2D eigenvalue weighted by Gasteiger charge is 2.52. The van der Waals surface area contributed by atoms with Crippen molar-refractivity contribution in [2.45, 2.75) is 39.5 Å². The lowest BCUT2D eigenvalue weighted by Gasteiger charge is -2.13. The molecule has 1 aliphatic carbocycles. The van der Waals surface area contributed by atoms with Crippen LogP contribution in [-0.2, 0) is 6.42 Å². The van der Waals surface area contributed by atoms with Gasteiger partial charge in [0.15, 0.2) is 0 Å². The average Bonchev–Trinajstić information content (AvgIpc) is 2.85. The standard InChI is InChI=1S/C15H18O.C2H6N2/c1-10(2)15(3)9-13(15)11-5-4-6-14-12(11)7-8-16-14;1-2(3)4/h4-6,13H,1,7-9H2,2-3H3;1H3,(H3,3,4). The Morgan fingerprint density at radius 2 is 2.10 bits per heavy atom. The van der Waals surface area contributed by atoms with Crippen LogP contribution in [0, 0.1) is 10.8 Å². The summed E-state index contributed by atoms with van der Waals surface area (Å²) >= 11 is 0. The van der Waals surface area contributed by atoms with Gasteiger partial charge < -0.3 is 10.5 Å². The molecule has 0 aromatic heterocycles. The van der Waals surface area contributed by atoms with Gasteiger partial charge in [0.2, 0.25) is 0 Å². The van der Waals surface area contributed by atoms with Crippen LogP contribution >= 0.6 is 0 Å². The quantitative estimate of drug-likeness (QED) is 0.490. The van der Waals surface area contributed by atoms with Crippen molar-refractivity contribution >= 4 is 5.84 Å². The fraction of sp³-hybridized carbons (Fsp3) is 0.471. The lowest BCUT2D eigenvalue weighted by Crippen LogP contribution is -2.00. The van der Waals surface area contributed by atoms with Crippen LogP contribution in [0.2, 0.25) is 0 Å². The zero-order chi connectivity index (χ0) is 14.9. The van der Waals surface area contributed by atoms with Crippen molar-refractivity contribution in [3.05, 3.63) is 41.5 Å². The highest BCUT2D eigenvalue weighted by atomic mass is 16.5. The second-order valence-corrected chi connectivity index (χ2v) is 6.06. The molecule has 1 aliphatic heterocycles. The number of ether oxygens (including phenoxy) is 1. The van der Waals surface area contributed by atoms with E-state index in [9.17, 15) is 0 Å². The summed E-state index contributed by atoms with van der Waals surface area (Å²) < 4.78 is 5.62. The molecule has 1 saturated carbocycles. The van der Waals surface area contributed by atoms with E-state index in [0.29, 0.717) is 11.3 Å². The molecule has 108 valence electrons. The van der Waals surface area contributed by atoms with Gasteiger partial charge in [-0.3, -0.25) is 5.41 Å². The maximum atomic E-state index is 6.28. The van der Waals surface area contributed by atoms with Gasteiger partial charge in [-0.25, -0.2) is 0 Å². The fourth-order valence-electron chi connectivity index (χ4n) is 2.86. The molecule has 3 N–H and O–H groups in total. The molecule has 1 aromatic carbocycles. The number of allylic oxidation sites excluding steroid dienone is 1. The van der Waals surface area contributed by atoms with E-state index < -0.39 is 0 Å². The topological polar surface area (TPSA) is 59.1 Å². The predicted molar refractivity (Wildman–Crippen MR) is 83.5 cm³/mol. The second kappa shape index (κ2) is 5.31. The van der Waals surface area contributed by atoms with E-state index in [2.05, 4.69) is 38.6 Å². The minimum Gasteiger partial charge on any atom is -0.493 e. The van der Waals surface area contributed by atoms with Crippen LogP contribution in [-0.4, -0.2) is 12.4 Å². The first-order valence-electron chi connectivity index (χ1n) is 7.07. The maximum Gasteiger partial charge on any atom is 0.122 e. The minimum absolute atomic E-state index is 0.167. The molecule has 1 aromatic rings. The summed E-state index contributed by atoms with van der Waals surface area (Å²) in [6.07, 6.45) is 2.33. The molecule has 3 heteroatoms. The number of hydrogen-bond acceptors (Lipinski definition) is 2. The summed E-state index contributed by atoms with van der Waals surface area (Å²) in [5, 5.41) is 6.28. The third-order valence-corrected chi connectivity index (χ3v) is 4.37. The fourth-order valence-corrected chi connectivity index (χ4v) is 2.86. The van der Waals surface area contributed by atoms with Crippen LogP contribution in [0.4, 0.5) is 0 Å². The number of nitrogens with one attached hydrogen (secondary N) is 1. The summed E-state index contributed by atoms with van der Waals surface area (Å²) in [6, 6.07) is 6.48. The van der Waals surface area contributed by atoms with E-state index in [-0.39, 0.29) is 5.84 Å². The van der Waals surface area contributed by atoms with Gasteiger partial charge in [0.25, 0.3) is 0 Å². The number of benzene rings is 1. The number of fused-ring (bicyclic) bond motifs is 1. The molecule has 0 amide bonds. The third-order valence-electron chi connectivity index (χ3n) is 4.37. The molecular formula is C17H24N2O. The normalized spacial score (nSPS) is 25.9. The molecule has 2 unspecified atom stereocenters. The summed E-state index contributed by atoms with van der Waals surface area (Å²) in [4.78, 5) is 0. The van der Waals surface area contributed by atoms with Crippen molar-refractivity contribution in [3.63, 3.8) is 0 Å². The van der Waals surface area contributed by atoms with Crippen molar-refractivity contribution in [2.75, 3.05) is 6.61 Å². The van der Waals surface area contributed by atoms with Crippen molar-refractivity contribution in [1.29, 1.82) is 5.41 Å². The third kappa shape index (κ3) is 2.72. The number of hydrogen-bond donors (Lipinski definition) is 2. The highest BCUT2D eigenvalue weighted by molar-refractivity contribution is 5.73. The molecule has 0 spiro atoms. The van der Waals surface area contributed by atoms with E-state index in [4.69, 9.17) is 15.9 Å². The molecule has 2 aliphatic rings. The lowest BCUT2D eigenvalue weighted by molar-refractivity contribution is 0.357. The Morgan fingerprint density at radius 3 is 2.65 bits per heavy atom. The van der Waals surface area contributed by atoms with E-state index >= 15 is 0 Å². The Hall–Kier alpha value is -1.77. The van der Waals surface area contributed by atoms with Gasteiger partial charge in [0.1, 0.15) is 5.75 Å². The zero-order valence-corrected chi connectivity index (χ0v) is 12.6. The molecule has 1 heterocycles. The van der Waals surface area contributed by atoms with Crippen LogP contribution in [0.1, 0.15) is 44.2 Å². The first-order valence-corrected chi connectivity index (χ1v) is 7.07. The van der Waals surface area contributed by atoms with Crippen molar-refractivity contribution in [2.24, 2.45) is 11.1 Å². The Labute approximate surface area is 121 Å². The summed E-state index contributed by atoms with van der Waals surface area (Å²) in [5.74, 6) is 1.94. The molecular weight excluding hydrogens is 248 g/mol. The Kier molecular flexibility index (Phi) is 3.89. The van der Waals surface area contributed by atoms with Crippen molar-refractivity contribution < 1.29 is 4.74 Å². The highest BCUT2D eigenvalue weighted by Crippen LogP contribution is 2.64. The Bertz CT molecular complexity index is 546. The predicted octanol–water partition coefficient (Wildman–Crippen LogP) is 3.63. The van der Waals surface area contributed by atoms with Crippen molar-refractivity contribution in [1.82, 2.24) is 0 Å². The summed E-state index contributed by atoms with van der Waals surface area (Å²) in [7, 11) is 0. The first kappa shape index (κ1) is 14.6. The van der Waals surface area contributed by atoms with E-state index in [1.807, 2.05) is 0 Å². The number of nitrogens with two attached hydrogens (primary N) is 1. The number of amidine groups is 1. The summed E-state index contributed by atoms with van der Waals surface area (Å²) in [5.41, 5.74) is 9.28. The van der Waals surface area contributed by atoms with Crippen LogP contribution in [0.25, 0.3) is 0 Å². The Balaban J connectivity index is 0.000000328. The van der Waals surface area contributed by atoms with Crippen LogP contribution in [0.5, 0.6) is 5.75 Å². The van der Waals surface area contributed by atoms with Gasteiger partial charge in [0, 0.05) is 12.0 Å². The van der Waals surface area contributed by atoms with E-state index in [1.165, 1.54) is 30.0 Å². The molecule has 0 radical (unpaired) electrons. The zero-order valence-electron chi connectivity index (χ0n) is 12.6. The average molecular weight is 272 g/mol. The van der Waals surface area contributed by atoms with Gasteiger partial charge in [-0.2, -0.15) is 0 Å². The molecule has 3 nitrogen and oxygen atoms in total. The Morgan fingerprint density at radius 1 is 1.45 bits per heavy atom. The smallest absolute Gasteiger partial charge is 0.122 e. The maximum absolute atomic E-state index is 6.28. The largest absolute Gasteiger partial charge is 0.493 e. The molecule has 1 fully saturated rings. The van der Waals surface area contributed by atoms with Gasteiger partial charge in [0.05, 0.1) is 12.4 Å². The van der Waals surface area contributed by atoms with Crippen LogP contribution in [0.3, 0.4) is 0 Å². The van der Waals surface area contributed by atoms with Crippen LogP contribution in [0.15, 0.2) is 30.4 Å². The van der Waals surface area contributed by atoms with Crippen molar-refractivity contribution in [3.8, 4) is 5.75 Å². The lowest BCUT2D eigenvalue weighted by atomic mass is 9.92.